The molecule has 0 unspecified atom stereocenters. The molecule has 1 N–H and O–H groups in total. The first-order chi connectivity index (χ1) is 19.4. The minimum Gasteiger partial charge on any atom is -0.497 e. The molecule has 4 rings (SSSR count). The Morgan fingerprint density at radius 1 is 1.05 bits per heavy atom. The van der Waals surface area contributed by atoms with Crippen LogP contribution in [0, 0.1) is 0 Å². The lowest BCUT2D eigenvalue weighted by atomic mass is 9.91. The van der Waals surface area contributed by atoms with Gasteiger partial charge in [-0.05, 0) is 67.2 Å². The molecular weight excluding hydrogens is 522 g/mol. The summed E-state index contributed by atoms with van der Waals surface area (Å²) >= 11 is 6.97. The number of halogens is 1. The molecule has 0 radical (unpaired) electrons. The lowest BCUT2D eigenvalue weighted by Crippen LogP contribution is -2.18. The number of carbonyl (C=O) groups excluding carboxylic acids is 1. The van der Waals surface area contributed by atoms with Crippen molar-refractivity contribution in [1.82, 2.24) is 14.9 Å². The zero-order chi connectivity index (χ0) is 28.5. The first-order valence-electron chi connectivity index (χ1n) is 13.5. The zero-order valence-corrected chi connectivity index (χ0v) is 24.3. The number of hydrogen-bond acceptors (Lipinski definition) is 4. The maximum Gasteiger partial charge on any atom is 0.245 e. The summed E-state index contributed by atoms with van der Waals surface area (Å²) < 4.78 is 11.4. The molecular formula is C33H36ClN3O3. The molecule has 0 atom stereocenters. The minimum absolute atomic E-state index is 0.000301. The van der Waals surface area contributed by atoms with Crippen molar-refractivity contribution >= 4 is 39.6 Å². The van der Waals surface area contributed by atoms with Gasteiger partial charge in [-0.25, -0.2) is 4.98 Å². The van der Waals surface area contributed by atoms with E-state index in [9.17, 15) is 4.79 Å². The second-order valence-electron chi connectivity index (χ2n) is 9.66. The van der Waals surface area contributed by atoms with Crippen LogP contribution in [0.4, 0.5) is 0 Å². The van der Waals surface area contributed by atoms with Gasteiger partial charge >= 0.3 is 0 Å². The molecule has 2 aromatic carbocycles. The summed E-state index contributed by atoms with van der Waals surface area (Å²) in [6.07, 6.45) is 8.78. The number of methoxy groups -OCH3 is 1. The molecule has 0 aliphatic rings. The van der Waals surface area contributed by atoms with Gasteiger partial charge in [0.2, 0.25) is 11.8 Å². The van der Waals surface area contributed by atoms with Gasteiger partial charge in [0, 0.05) is 48.4 Å². The summed E-state index contributed by atoms with van der Waals surface area (Å²) in [5, 5.41) is 1.66. The van der Waals surface area contributed by atoms with Crippen LogP contribution in [0.15, 0.2) is 79.0 Å². The molecule has 40 heavy (non-hydrogen) atoms. The Hall–Kier alpha value is -4.03. The molecule has 6 nitrogen and oxygen atoms in total. The van der Waals surface area contributed by atoms with Crippen LogP contribution >= 0.6 is 11.6 Å². The third kappa shape index (κ3) is 6.93. The fourth-order valence-corrected chi connectivity index (χ4v) is 4.88. The Morgan fingerprint density at radius 3 is 2.58 bits per heavy atom. The minimum atomic E-state index is 0.000301. The number of amides is 1. The van der Waals surface area contributed by atoms with Gasteiger partial charge in [0.25, 0.3) is 0 Å². The summed E-state index contributed by atoms with van der Waals surface area (Å²) in [6, 6.07) is 20.1. The van der Waals surface area contributed by atoms with Gasteiger partial charge in [-0.2, -0.15) is 0 Å². The molecule has 208 valence electrons. The molecule has 0 spiro atoms. The number of nitrogens with one attached hydrogen (secondary N) is 1. The Morgan fingerprint density at radius 2 is 1.88 bits per heavy atom. The lowest BCUT2D eigenvalue weighted by Gasteiger charge is -2.16. The number of nitrogens with zero attached hydrogens (tertiary/aromatic N) is 2. The Labute approximate surface area is 241 Å². The predicted octanol–water partition coefficient (Wildman–Crippen LogP) is 7.79. The number of aromatic amines is 1. The number of unbranched alkanes of at least 4 members (excludes halogenated alkanes) is 2. The molecule has 0 aliphatic carbocycles. The van der Waals surface area contributed by atoms with Crippen LogP contribution in [0.1, 0.15) is 49.4 Å². The molecule has 0 saturated carbocycles. The van der Waals surface area contributed by atoms with Crippen molar-refractivity contribution in [3.8, 4) is 11.6 Å². The fraction of sp³-hybridized carbons (Fsp3) is 0.273. The molecule has 1 amide bonds. The number of benzene rings is 2. The monoisotopic (exact) mass is 557 g/mol. The number of likely N-dealkylation sites (N-methyl/N-ethyl adjacent to an activating group) is 1. The molecule has 0 aliphatic heterocycles. The number of pyridine rings is 1. The second kappa shape index (κ2) is 13.9. The van der Waals surface area contributed by atoms with Gasteiger partial charge in [-0.1, -0.05) is 54.9 Å². The van der Waals surface area contributed by atoms with Crippen molar-refractivity contribution in [2.75, 3.05) is 27.8 Å². The van der Waals surface area contributed by atoms with E-state index in [0.29, 0.717) is 17.5 Å². The number of aromatic nitrogens is 2. The van der Waals surface area contributed by atoms with E-state index >= 15 is 0 Å². The van der Waals surface area contributed by atoms with E-state index in [1.54, 1.807) is 32.2 Å². The number of rotatable bonds is 12. The normalized spacial score (nSPS) is 12.0. The maximum atomic E-state index is 11.6. The van der Waals surface area contributed by atoms with Gasteiger partial charge in [0.15, 0.2) is 0 Å². The zero-order valence-electron chi connectivity index (χ0n) is 23.5. The standard InChI is InChI=1S/C33H36ClN3O3/c1-5-26(23-13-12-14-25(21-23)39-4)31(33-32(34)27-15-9-10-16-28(27)36-33)24-18-19-29(35-22-24)40-20-11-7-6-8-17-30(38)37(2)3/h8-10,12-19,21-22,36H,5-7,11,20H2,1-4H3/b17-8+,31-26+. The predicted molar refractivity (Wildman–Crippen MR) is 164 cm³/mol. The maximum absolute atomic E-state index is 11.6. The number of allylic oxidation sites excluding steroid dienone is 2. The highest BCUT2D eigenvalue weighted by molar-refractivity contribution is 6.38. The lowest BCUT2D eigenvalue weighted by molar-refractivity contribution is -0.123. The topological polar surface area (TPSA) is 67.5 Å². The third-order valence-corrected chi connectivity index (χ3v) is 7.10. The van der Waals surface area contributed by atoms with E-state index in [4.69, 9.17) is 21.1 Å². The largest absolute Gasteiger partial charge is 0.497 e. The van der Waals surface area contributed by atoms with Crippen molar-refractivity contribution in [1.29, 1.82) is 0 Å². The van der Waals surface area contributed by atoms with Crippen LogP contribution < -0.4 is 9.47 Å². The van der Waals surface area contributed by atoms with Crippen molar-refractivity contribution in [2.24, 2.45) is 0 Å². The molecule has 7 heteroatoms. The Balaban J connectivity index is 1.58. The van der Waals surface area contributed by atoms with Crippen LogP contribution in [0.25, 0.3) is 22.0 Å². The quantitative estimate of drug-likeness (QED) is 0.143. The van der Waals surface area contributed by atoms with E-state index in [1.165, 1.54) is 0 Å². The van der Waals surface area contributed by atoms with Gasteiger partial charge in [-0.3, -0.25) is 4.79 Å². The summed E-state index contributed by atoms with van der Waals surface area (Å²) in [6.45, 7) is 2.70. The molecule has 0 fully saturated rings. The van der Waals surface area contributed by atoms with Gasteiger partial charge in [0.05, 0.1) is 24.4 Å². The van der Waals surface area contributed by atoms with Crippen molar-refractivity contribution in [3.63, 3.8) is 0 Å². The number of carbonyl (C=O) groups is 1. The van der Waals surface area contributed by atoms with E-state index in [0.717, 1.165) is 70.3 Å². The van der Waals surface area contributed by atoms with Crippen LogP contribution in [0.2, 0.25) is 5.02 Å². The molecule has 4 aromatic rings. The number of H-pyrrole nitrogens is 1. The van der Waals surface area contributed by atoms with Crippen LogP contribution in [-0.4, -0.2) is 48.6 Å². The van der Waals surface area contributed by atoms with Crippen LogP contribution in [0.3, 0.4) is 0 Å². The van der Waals surface area contributed by atoms with Crippen molar-refractivity contribution in [3.05, 3.63) is 101 Å². The average molecular weight is 558 g/mol. The summed E-state index contributed by atoms with van der Waals surface area (Å²) in [5.74, 6) is 1.37. The highest BCUT2D eigenvalue weighted by Gasteiger charge is 2.20. The van der Waals surface area contributed by atoms with Crippen LogP contribution in [-0.2, 0) is 4.79 Å². The van der Waals surface area contributed by atoms with Gasteiger partial charge < -0.3 is 19.4 Å². The molecule has 0 bridgehead atoms. The average Bonchev–Trinajstić information content (AvgIpc) is 3.31. The first kappa shape index (κ1) is 29.0. The Bertz CT molecular complexity index is 1500. The number of fused-ring (bicyclic) bond motifs is 1. The Kier molecular flexibility index (Phi) is 10.0. The molecule has 2 heterocycles. The van der Waals surface area contributed by atoms with Gasteiger partial charge in [-0.15, -0.1) is 0 Å². The number of ether oxygens (including phenoxy) is 2. The number of para-hydroxylation sites is 1. The molecule has 0 saturated heterocycles. The van der Waals surface area contributed by atoms with E-state index in [1.807, 2.05) is 66.9 Å². The van der Waals surface area contributed by atoms with E-state index < -0.39 is 0 Å². The van der Waals surface area contributed by atoms with E-state index in [2.05, 4.69) is 23.0 Å². The summed E-state index contributed by atoms with van der Waals surface area (Å²) in [5.41, 5.74) is 5.97. The van der Waals surface area contributed by atoms with Gasteiger partial charge in [0.1, 0.15) is 5.75 Å². The van der Waals surface area contributed by atoms with E-state index in [-0.39, 0.29) is 5.91 Å². The number of hydrogen-bond donors (Lipinski definition) is 1. The highest BCUT2D eigenvalue weighted by Crippen LogP contribution is 2.40. The highest BCUT2D eigenvalue weighted by atomic mass is 35.5. The summed E-state index contributed by atoms with van der Waals surface area (Å²) in [4.78, 5) is 21.3. The SMILES string of the molecule is CC/C(=C(/c1ccc(OCCCC/C=C/C(=O)N(C)C)nc1)c1[nH]c2ccccc2c1Cl)c1cccc(OC)c1. The smallest absolute Gasteiger partial charge is 0.245 e. The summed E-state index contributed by atoms with van der Waals surface area (Å²) in [7, 11) is 5.16. The van der Waals surface area contributed by atoms with Crippen LogP contribution in [0.5, 0.6) is 11.6 Å². The van der Waals surface area contributed by atoms with Crippen molar-refractivity contribution < 1.29 is 14.3 Å². The second-order valence-corrected chi connectivity index (χ2v) is 10.0. The third-order valence-electron chi connectivity index (χ3n) is 6.71. The molecule has 2 aromatic heterocycles. The van der Waals surface area contributed by atoms with Crippen molar-refractivity contribution in [2.45, 2.75) is 32.6 Å². The fourth-order valence-electron chi connectivity index (χ4n) is 4.57. The first-order valence-corrected chi connectivity index (χ1v) is 13.9.